The Balaban J connectivity index is 2.55. The first kappa shape index (κ1) is 5.67. The largest absolute Gasteiger partial charge is 0.377 e. The molecule has 0 bridgehead atoms. The van der Waals surface area contributed by atoms with Crippen molar-refractivity contribution in [2.24, 2.45) is 5.92 Å². The molecule has 1 heterocycles. The quantitative estimate of drug-likeness (QED) is 0.457. The van der Waals surface area contributed by atoms with Crippen LogP contribution in [-0.4, -0.2) is 18.0 Å². The van der Waals surface area contributed by atoms with Crippen LogP contribution in [0.3, 0.4) is 0 Å². The van der Waals surface area contributed by atoms with Crippen LogP contribution in [0.1, 0.15) is 13.8 Å². The molecule has 8 heavy (non-hydrogen) atoms. The molecule has 0 saturated carbocycles. The number of hydrogen-bond acceptors (Lipinski definition) is 1. The van der Waals surface area contributed by atoms with Crippen molar-refractivity contribution in [2.75, 3.05) is 7.05 Å². The molecule has 0 aliphatic carbocycles. The second-order valence-corrected chi connectivity index (χ2v) is 2.61. The maximum atomic E-state index is 2.24. The lowest BCUT2D eigenvalue weighted by atomic mass is 10.1. The van der Waals surface area contributed by atoms with Gasteiger partial charge in [-0.3, -0.25) is 0 Å². The maximum Gasteiger partial charge on any atom is 0.0313 e. The third-order valence-corrected chi connectivity index (χ3v) is 2.03. The maximum absolute atomic E-state index is 2.24. The lowest BCUT2D eigenvalue weighted by Crippen LogP contribution is -2.23. The van der Waals surface area contributed by atoms with Gasteiger partial charge in [0.15, 0.2) is 0 Å². The molecule has 1 heteroatoms. The molecule has 0 amide bonds. The molecule has 0 aromatic carbocycles. The summed E-state index contributed by atoms with van der Waals surface area (Å²) in [5.41, 5.74) is 0. The molecule has 1 aliphatic rings. The van der Waals surface area contributed by atoms with E-state index in [1.807, 2.05) is 0 Å². The van der Waals surface area contributed by atoms with Gasteiger partial charge in [0.05, 0.1) is 0 Å². The number of hydrogen-bond donors (Lipinski definition) is 0. The molecule has 1 aliphatic heterocycles. The fraction of sp³-hybridized carbons (Fsp3) is 0.714. The van der Waals surface area contributed by atoms with Crippen LogP contribution in [0.4, 0.5) is 0 Å². The number of rotatable bonds is 0. The molecule has 2 atom stereocenters. The number of nitrogens with zero attached hydrogens (tertiary/aromatic N) is 1. The summed E-state index contributed by atoms with van der Waals surface area (Å²) in [5.74, 6) is 0.736. The van der Waals surface area contributed by atoms with Crippen LogP contribution in [0.15, 0.2) is 12.3 Å². The molecule has 0 fully saturated rings. The average Bonchev–Trinajstić information content (AvgIpc) is 1.98. The Labute approximate surface area is 51.0 Å². The Morgan fingerprint density at radius 1 is 1.38 bits per heavy atom. The van der Waals surface area contributed by atoms with Crippen LogP contribution in [0.25, 0.3) is 0 Å². The Morgan fingerprint density at radius 2 is 2.00 bits per heavy atom. The molecule has 0 unspecified atom stereocenters. The van der Waals surface area contributed by atoms with E-state index in [1.54, 1.807) is 0 Å². The first-order chi connectivity index (χ1) is 3.72. The summed E-state index contributed by atoms with van der Waals surface area (Å²) in [6.07, 6.45) is 4.39. The van der Waals surface area contributed by atoms with E-state index in [-0.39, 0.29) is 0 Å². The van der Waals surface area contributed by atoms with E-state index in [1.165, 1.54) is 0 Å². The average molecular weight is 111 g/mol. The molecule has 0 saturated heterocycles. The van der Waals surface area contributed by atoms with E-state index < -0.39 is 0 Å². The molecule has 0 spiro atoms. The Morgan fingerprint density at radius 3 is 2.12 bits per heavy atom. The fourth-order valence-corrected chi connectivity index (χ4v) is 0.939. The normalized spacial score (nSPS) is 36.6. The Bertz CT molecular complexity index is 95.0. The molecule has 0 aromatic rings. The van der Waals surface area contributed by atoms with Gasteiger partial charge in [0.25, 0.3) is 0 Å². The van der Waals surface area contributed by atoms with E-state index in [0.717, 1.165) is 5.92 Å². The summed E-state index contributed by atoms with van der Waals surface area (Å²) < 4.78 is 0. The Hall–Kier alpha value is -0.460. The minimum Gasteiger partial charge on any atom is -0.377 e. The summed E-state index contributed by atoms with van der Waals surface area (Å²) in [7, 11) is 2.12. The van der Waals surface area contributed by atoms with Crippen LogP contribution < -0.4 is 0 Å². The molecule has 46 valence electrons. The van der Waals surface area contributed by atoms with Gasteiger partial charge in [-0.15, -0.1) is 0 Å². The highest BCUT2D eigenvalue weighted by atomic mass is 15.1. The predicted octanol–water partition coefficient (Wildman–Crippen LogP) is 1.47. The summed E-state index contributed by atoms with van der Waals surface area (Å²) in [5, 5.41) is 0. The third kappa shape index (κ3) is 0.726. The van der Waals surface area contributed by atoms with Crippen molar-refractivity contribution in [3.8, 4) is 0 Å². The van der Waals surface area contributed by atoms with Crippen molar-refractivity contribution >= 4 is 0 Å². The van der Waals surface area contributed by atoms with E-state index in [9.17, 15) is 0 Å². The molecule has 0 radical (unpaired) electrons. The van der Waals surface area contributed by atoms with Gasteiger partial charge in [0, 0.05) is 13.1 Å². The van der Waals surface area contributed by atoms with Crippen LogP contribution in [-0.2, 0) is 0 Å². The van der Waals surface area contributed by atoms with Gasteiger partial charge in [0.1, 0.15) is 0 Å². The Kier molecular flexibility index (Phi) is 1.28. The van der Waals surface area contributed by atoms with Crippen LogP contribution in [0.2, 0.25) is 0 Å². The second kappa shape index (κ2) is 1.81. The van der Waals surface area contributed by atoms with Gasteiger partial charge >= 0.3 is 0 Å². The van der Waals surface area contributed by atoms with Crippen molar-refractivity contribution in [3.63, 3.8) is 0 Å². The smallest absolute Gasteiger partial charge is 0.0313 e. The third-order valence-electron chi connectivity index (χ3n) is 2.03. The second-order valence-electron chi connectivity index (χ2n) is 2.61. The topological polar surface area (TPSA) is 3.24 Å². The first-order valence-corrected chi connectivity index (χ1v) is 3.12. The highest BCUT2D eigenvalue weighted by Crippen LogP contribution is 2.17. The standard InChI is InChI=1S/C7H13N/c1-6-4-5-8(3)7(6)2/h4-7H,1-3H3/t6-,7-/m1/s1. The molecule has 0 aromatic heterocycles. The van der Waals surface area contributed by atoms with E-state index in [0.29, 0.717) is 6.04 Å². The van der Waals surface area contributed by atoms with Crippen LogP contribution in [0, 0.1) is 5.92 Å². The van der Waals surface area contributed by atoms with E-state index in [4.69, 9.17) is 0 Å². The lowest BCUT2D eigenvalue weighted by Gasteiger charge is -2.18. The van der Waals surface area contributed by atoms with Gasteiger partial charge < -0.3 is 4.90 Å². The van der Waals surface area contributed by atoms with E-state index >= 15 is 0 Å². The lowest BCUT2D eigenvalue weighted by molar-refractivity contribution is 0.333. The predicted molar refractivity (Wildman–Crippen MR) is 35.5 cm³/mol. The van der Waals surface area contributed by atoms with Crippen LogP contribution >= 0.6 is 0 Å². The molecular formula is C7H13N. The molecule has 1 rings (SSSR count). The van der Waals surface area contributed by atoms with Crippen molar-refractivity contribution in [2.45, 2.75) is 19.9 Å². The summed E-state index contributed by atoms with van der Waals surface area (Å²) in [6, 6.07) is 0.704. The first-order valence-electron chi connectivity index (χ1n) is 3.12. The molecule has 0 N–H and O–H groups in total. The van der Waals surface area contributed by atoms with Crippen molar-refractivity contribution < 1.29 is 0 Å². The SMILES string of the molecule is C[C@@H]1C=CN(C)[C@@H]1C. The molecule has 1 nitrogen and oxygen atoms in total. The summed E-state index contributed by atoms with van der Waals surface area (Å²) >= 11 is 0. The highest BCUT2D eigenvalue weighted by molar-refractivity contribution is 4.99. The summed E-state index contributed by atoms with van der Waals surface area (Å²) in [6.45, 7) is 4.48. The van der Waals surface area contributed by atoms with Crippen molar-refractivity contribution in [1.82, 2.24) is 4.90 Å². The zero-order chi connectivity index (χ0) is 6.15. The summed E-state index contributed by atoms with van der Waals surface area (Å²) in [4.78, 5) is 2.24. The van der Waals surface area contributed by atoms with Gasteiger partial charge in [-0.05, 0) is 19.0 Å². The van der Waals surface area contributed by atoms with Gasteiger partial charge in [-0.1, -0.05) is 13.0 Å². The fourth-order valence-electron chi connectivity index (χ4n) is 0.939. The van der Waals surface area contributed by atoms with Gasteiger partial charge in [-0.25, -0.2) is 0 Å². The minimum absolute atomic E-state index is 0.704. The zero-order valence-electron chi connectivity index (χ0n) is 5.76. The monoisotopic (exact) mass is 111 g/mol. The van der Waals surface area contributed by atoms with Crippen LogP contribution in [0.5, 0.6) is 0 Å². The van der Waals surface area contributed by atoms with E-state index in [2.05, 4.69) is 38.1 Å². The highest BCUT2D eigenvalue weighted by Gasteiger charge is 2.16. The zero-order valence-corrected chi connectivity index (χ0v) is 5.76. The van der Waals surface area contributed by atoms with Gasteiger partial charge in [-0.2, -0.15) is 0 Å². The van der Waals surface area contributed by atoms with Gasteiger partial charge in [0.2, 0.25) is 0 Å². The van der Waals surface area contributed by atoms with Crippen molar-refractivity contribution in [3.05, 3.63) is 12.3 Å². The van der Waals surface area contributed by atoms with Crippen molar-refractivity contribution in [1.29, 1.82) is 0 Å². The minimum atomic E-state index is 0.704. The molecular weight excluding hydrogens is 98.1 g/mol.